The zero-order valence-corrected chi connectivity index (χ0v) is 16.7. The third-order valence-corrected chi connectivity index (χ3v) is 4.80. The van der Waals surface area contributed by atoms with Crippen LogP contribution >= 0.6 is 23.2 Å². The lowest BCUT2D eigenvalue weighted by Gasteiger charge is -2.11. The summed E-state index contributed by atoms with van der Waals surface area (Å²) in [6.45, 7) is 0.447. The highest BCUT2D eigenvalue weighted by molar-refractivity contribution is 6.42. The van der Waals surface area contributed by atoms with E-state index in [0.717, 1.165) is 11.1 Å². The van der Waals surface area contributed by atoms with Crippen LogP contribution in [0.4, 0.5) is 0 Å². The number of hydrogen-bond acceptors (Lipinski definition) is 3. The Morgan fingerprint density at radius 3 is 2.43 bits per heavy atom. The Labute approximate surface area is 174 Å². The third kappa shape index (κ3) is 5.16. The molecular formula is C23H18Cl2O3. The van der Waals surface area contributed by atoms with Crippen LogP contribution in [0, 0.1) is 0 Å². The number of hydrogen-bond donors (Lipinski definition) is 0. The third-order valence-electron chi connectivity index (χ3n) is 4.06. The Kier molecular flexibility index (Phi) is 6.75. The molecule has 0 unspecified atom stereocenters. The van der Waals surface area contributed by atoms with Crippen LogP contribution in [0.15, 0.2) is 72.8 Å². The average Bonchev–Trinajstić information content (AvgIpc) is 2.73. The number of halogens is 2. The molecule has 3 nitrogen and oxygen atoms in total. The van der Waals surface area contributed by atoms with Gasteiger partial charge in [-0.2, -0.15) is 0 Å². The first-order valence-corrected chi connectivity index (χ1v) is 9.34. The van der Waals surface area contributed by atoms with Gasteiger partial charge in [-0.15, -0.1) is 0 Å². The molecule has 3 aromatic rings. The van der Waals surface area contributed by atoms with Gasteiger partial charge >= 0.3 is 0 Å². The molecule has 142 valence electrons. The van der Waals surface area contributed by atoms with Gasteiger partial charge in [0.05, 0.1) is 17.2 Å². The molecule has 0 fully saturated rings. The quantitative estimate of drug-likeness (QED) is 0.329. The van der Waals surface area contributed by atoms with E-state index in [2.05, 4.69) is 0 Å². The van der Waals surface area contributed by atoms with E-state index < -0.39 is 0 Å². The van der Waals surface area contributed by atoms with Gasteiger partial charge in [-0.05, 0) is 47.5 Å². The zero-order valence-electron chi connectivity index (χ0n) is 15.2. The first-order valence-electron chi connectivity index (χ1n) is 8.59. The molecule has 28 heavy (non-hydrogen) atoms. The van der Waals surface area contributed by atoms with Crippen molar-refractivity contribution < 1.29 is 14.3 Å². The summed E-state index contributed by atoms with van der Waals surface area (Å²) in [5.41, 5.74) is 2.36. The number of carbonyl (C=O) groups is 1. The molecular weight excluding hydrogens is 395 g/mol. The topological polar surface area (TPSA) is 35.5 Å². The van der Waals surface area contributed by atoms with Crippen molar-refractivity contribution in [2.75, 3.05) is 7.11 Å². The van der Waals surface area contributed by atoms with Crippen molar-refractivity contribution in [3.05, 3.63) is 99.5 Å². The van der Waals surface area contributed by atoms with Crippen molar-refractivity contribution >= 4 is 35.1 Å². The maximum absolute atomic E-state index is 12.3. The van der Waals surface area contributed by atoms with Crippen LogP contribution in [0.3, 0.4) is 0 Å². The minimum absolute atomic E-state index is 0.165. The normalized spacial score (nSPS) is 10.8. The molecule has 0 aromatic heterocycles. The molecule has 3 rings (SSSR count). The van der Waals surface area contributed by atoms with Gasteiger partial charge in [-0.1, -0.05) is 65.7 Å². The van der Waals surface area contributed by atoms with Crippen molar-refractivity contribution in [3.63, 3.8) is 0 Å². The van der Waals surface area contributed by atoms with Crippen LogP contribution in [0.5, 0.6) is 11.5 Å². The Balaban J connectivity index is 1.71. The molecule has 0 aliphatic carbocycles. The molecule has 0 heterocycles. The van der Waals surface area contributed by atoms with Crippen LogP contribution < -0.4 is 9.47 Å². The second-order valence-electron chi connectivity index (χ2n) is 6.01. The molecule has 0 atom stereocenters. The molecule has 5 heteroatoms. The second kappa shape index (κ2) is 9.45. The van der Waals surface area contributed by atoms with Gasteiger partial charge in [0.25, 0.3) is 0 Å². The zero-order chi connectivity index (χ0) is 19.9. The summed E-state index contributed by atoms with van der Waals surface area (Å²) >= 11 is 11.9. The highest BCUT2D eigenvalue weighted by Gasteiger charge is 2.07. The molecule has 0 amide bonds. The van der Waals surface area contributed by atoms with E-state index in [1.54, 1.807) is 31.4 Å². The summed E-state index contributed by atoms with van der Waals surface area (Å²) in [4.78, 5) is 12.3. The van der Waals surface area contributed by atoms with Gasteiger partial charge in [-0.25, -0.2) is 0 Å². The van der Waals surface area contributed by atoms with Crippen LogP contribution in [-0.4, -0.2) is 12.9 Å². The fraction of sp³-hybridized carbons (Fsp3) is 0.0870. The summed E-state index contributed by atoms with van der Waals surface area (Å²) in [5, 5.41) is 0.764. The van der Waals surface area contributed by atoms with E-state index in [9.17, 15) is 4.79 Å². The standard InChI is InChI=1S/C23H18Cl2O3/c1-27-23-13-16(7-11-21(26)18-9-10-19(24)20(25)14-18)8-12-22(23)28-15-17-5-3-2-4-6-17/h2-14H,15H2,1H3/b11-7+. The Morgan fingerprint density at radius 1 is 0.929 bits per heavy atom. The molecule has 0 aliphatic rings. The minimum Gasteiger partial charge on any atom is -0.493 e. The number of ether oxygens (including phenoxy) is 2. The van der Waals surface area contributed by atoms with Crippen LogP contribution in [0.1, 0.15) is 21.5 Å². The fourth-order valence-electron chi connectivity index (χ4n) is 2.56. The monoisotopic (exact) mass is 412 g/mol. The molecule has 0 saturated carbocycles. The summed E-state index contributed by atoms with van der Waals surface area (Å²) in [5.74, 6) is 1.07. The lowest BCUT2D eigenvalue weighted by molar-refractivity contribution is 0.104. The van der Waals surface area contributed by atoms with Crippen molar-refractivity contribution in [1.82, 2.24) is 0 Å². The van der Waals surface area contributed by atoms with E-state index in [1.807, 2.05) is 48.5 Å². The van der Waals surface area contributed by atoms with Crippen molar-refractivity contribution in [1.29, 1.82) is 0 Å². The van der Waals surface area contributed by atoms with Gasteiger partial charge in [-0.3, -0.25) is 4.79 Å². The maximum atomic E-state index is 12.3. The van der Waals surface area contributed by atoms with Gasteiger partial charge < -0.3 is 9.47 Å². The summed E-state index contributed by atoms with van der Waals surface area (Å²) < 4.78 is 11.3. The SMILES string of the molecule is COc1cc(/C=C/C(=O)c2ccc(Cl)c(Cl)c2)ccc1OCc1ccccc1. The fourth-order valence-corrected chi connectivity index (χ4v) is 2.86. The lowest BCUT2D eigenvalue weighted by Crippen LogP contribution is -1.98. The summed E-state index contributed by atoms with van der Waals surface area (Å²) in [6, 6.07) is 20.2. The van der Waals surface area contributed by atoms with E-state index in [0.29, 0.717) is 33.7 Å². The van der Waals surface area contributed by atoms with Gasteiger partial charge in [0.15, 0.2) is 17.3 Å². The smallest absolute Gasteiger partial charge is 0.185 e. The lowest BCUT2D eigenvalue weighted by atomic mass is 10.1. The van der Waals surface area contributed by atoms with E-state index >= 15 is 0 Å². The maximum Gasteiger partial charge on any atom is 0.185 e. The highest BCUT2D eigenvalue weighted by atomic mass is 35.5. The van der Waals surface area contributed by atoms with Crippen LogP contribution in [0.2, 0.25) is 10.0 Å². The molecule has 0 aliphatic heterocycles. The molecule has 0 radical (unpaired) electrons. The average molecular weight is 413 g/mol. The predicted molar refractivity (Wildman–Crippen MR) is 114 cm³/mol. The molecule has 0 N–H and O–H groups in total. The Bertz CT molecular complexity index is 998. The molecule has 0 spiro atoms. The Morgan fingerprint density at radius 2 is 1.71 bits per heavy atom. The molecule has 0 bridgehead atoms. The van der Waals surface area contributed by atoms with Gasteiger partial charge in [0.1, 0.15) is 6.61 Å². The predicted octanol–water partition coefficient (Wildman–Crippen LogP) is 6.48. The van der Waals surface area contributed by atoms with Crippen molar-refractivity contribution in [2.24, 2.45) is 0 Å². The summed E-state index contributed by atoms with van der Waals surface area (Å²) in [7, 11) is 1.58. The first kappa shape index (κ1) is 20.0. The summed E-state index contributed by atoms with van der Waals surface area (Å²) in [6.07, 6.45) is 3.20. The van der Waals surface area contributed by atoms with Crippen LogP contribution in [0.25, 0.3) is 6.08 Å². The number of allylic oxidation sites excluding steroid dienone is 1. The minimum atomic E-state index is -0.165. The number of benzene rings is 3. The highest BCUT2D eigenvalue weighted by Crippen LogP contribution is 2.29. The number of carbonyl (C=O) groups excluding carboxylic acids is 1. The van der Waals surface area contributed by atoms with E-state index in [1.165, 1.54) is 6.08 Å². The van der Waals surface area contributed by atoms with Crippen molar-refractivity contribution in [3.8, 4) is 11.5 Å². The number of rotatable bonds is 7. The first-order chi connectivity index (χ1) is 13.6. The van der Waals surface area contributed by atoms with Crippen LogP contribution in [-0.2, 0) is 6.61 Å². The van der Waals surface area contributed by atoms with Crippen molar-refractivity contribution in [2.45, 2.75) is 6.61 Å². The van der Waals surface area contributed by atoms with Gasteiger partial charge in [0.2, 0.25) is 0 Å². The Hall–Kier alpha value is -2.75. The molecule has 0 saturated heterocycles. The second-order valence-corrected chi connectivity index (χ2v) is 6.83. The largest absolute Gasteiger partial charge is 0.493 e. The van der Waals surface area contributed by atoms with Gasteiger partial charge in [0, 0.05) is 5.56 Å². The number of ketones is 1. The van der Waals surface area contributed by atoms with E-state index in [4.69, 9.17) is 32.7 Å². The van der Waals surface area contributed by atoms with E-state index in [-0.39, 0.29) is 5.78 Å². The molecule has 3 aromatic carbocycles. The number of methoxy groups -OCH3 is 1.